The predicted octanol–water partition coefficient (Wildman–Crippen LogP) is 2.67. The quantitative estimate of drug-likeness (QED) is 0.890. The Kier molecular flexibility index (Phi) is 4.45. The van der Waals surface area contributed by atoms with Gasteiger partial charge in [-0.1, -0.05) is 23.7 Å². The van der Waals surface area contributed by atoms with E-state index in [9.17, 15) is 4.79 Å². The summed E-state index contributed by atoms with van der Waals surface area (Å²) in [4.78, 5) is 12.3. The fourth-order valence-corrected chi connectivity index (χ4v) is 3.02. The number of methoxy groups -OCH3 is 1. The number of hydrogen-bond acceptors (Lipinski definition) is 3. The Morgan fingerprint density at radius 3 is 3.14 bits per heavy atom. The molecular formula is C16H18ClN3O2. The van der Waals surface area contributed by atoms with Crippen molar-refractivity contribution in [1.29, 1.82) is 0 Å². The number of hydrogen-bond donors (Lipinski definition) is 2. The highest BCUT2D eigenvalue weighted by Crippen LogP contribution is 2.23. The van der Waals surface area contributed by atoms with E-state index in [-0.39, 0.29) is 12.0 Å². The fourth-order valence-electron chi connectivity index (χ4n) is 2.82. The van der Waals surface area contributed by atoms with Crippen LogP contribution in [0.4, 0.5) is 0 Å². The Morgan fingerprint density at radius 2 is 2.36 bits per heavy atom. The van der Waals surface area contributed by atoms with Gasteiger partial charge in [0.15, 0.2) is 5.69 Å². The molecule has 1 amide bonds. The number of nitrogens with zero attached hydrogens (tertiary/aromatic N) is 1. The molecule has 1 aromatic heterocycles. The molecule has 0 bridgehead atoms. The number of fused-ring (bicyclic) bond motifs is 1. The summed E-state index contributed by atoms with van der Waals surface area (Å²) in [5, 5.41) is 10.6. The Labute approximate surface area is 134 Å². The van der Waals surface area contributed by atoms with E-state index in [1.54, 1.807) is 7.11 Å². The highest BCUT2D eigenvalue weighted by Gasteiger charge is 2.23. The molecule has 6 heteroatoms. The first-order chi connectivity index (χ1) is 10.7. The summed E-state index contributed by atoms with van der Waals surface area (Å²) in [6, 6.07) is 7.45. The van der Waals surface area contributed by atoms with Crippen LogP contribution in [0.2, 0.25) is 5.02 Å². The van der Waals surface area contributed by atoms with Crippen molar-refractivity contribution in [2.45, 2.75) is 25.4 Å². The highest BCUT2D eigenvalue weighted by molar-refractivity contribution is 6.30. The van der Waals surface area contributed by atoms with Gasteiger partial charge in [0.1, 0.15) is 0 Å². The molecule has 0 saturated heterocycles. The average molecular weight is 320 g/mol. The third-order valence-corrected chi connectivity index (χ3v) is 4.21. The Morgan fingerprint density at radius 1 is 1.50 bits per heavy atom. The molecule has 3 rings (SSSR count). The van der Waals surface area contributed by atoms with Crippen LogP contribution in [0.1, 0.15) is 39.8 Å². The molecule has 0 radical (unpaired) electrons. The molecule has 2 aromatic rings. The van der Waals surface area contributed by atoms with E-state index >= 15 is 0 Å². The van der Waals surface area contributed by atoms with Gasteiger partial charge in [-0.05, 0) is 37.0 Å². The fraction of sp³-hybridized carbons (Fsp3) is 0.375. The second-order valence-electron chi connectivity index (χ2n) is 5.37. The number of aromatic amines is 1. The zero-order chi connectivity index (χ0) is 15.5. The van der Waals surface area contributed by atoms with Gasteiger partial charge in [-0.3, -0.25) is 9.89 Å². The molecule has 1 aliphatic rings. The van der Waals surface area contributed by atoms with E-state index in [1.165, 1.54) is 0 Å². The molecule has 2 N–H and O–H groups in total. The van der Waals surface area contributed by atoms with Gasteiger partial charge in [0.05, 0.1) is 6.10 Å². The van der Waals surface area contributed by atoms with Crippen molar-refractivity contribution in [3.05, 3.63) is 51.8 Å². The number of amides is 1. The van der Waals surface area contributed by atoms with Crippen molar-refractivity contribution in [2.75, 3.05) is 13.7 Å². The van der Waals surface area contributed by atoms with Crippen molar-refractivity contribution in [3.8, 4) is 0 Å². The minimum Gasteiger partial charge on any atom is -0.375 e. The lowest BCUT2D eigenvalue weighted by Crippen LogP contribution is -2.30. The van der Waals surface area contributed by atoms with Crippen molar-refractivity contribution in [3.63, 3.8) is 0 Å². The van der Waals surface area contributed by atoms with E-state index in [4.69, 9.17) is 16.3 Å². The summed E-state index contributed by atoms with van der Waals surface area (Å²) in [7, 11) is 1.62. The number of carbonyl (C=O) groups excluding carboxylic acids is 1. The number of aromatic nitrogens is 2. The van der Waals surface area contributed by atoms with Crippen molar-refractivity contribution in [1.82, 2.24) is 15.5 Å². The van der Waals surface area contributed by atoms with E-state index in [0.29, 0.717) is 17.3 Å². The second kappa shape index (κ2) is 6.50. The van der Waals surface area contributed by atoms with E-state index in [2.05, 4.69) is 15.5 Å². The van der Waals surface area contributed by atoms with Gasteiger partial charge in [0, 0.05) is 29.9 Å². The van der Waals surface area contributed by atoms with Gasteiger partial charge < -0.3 is 10.1 Å². The minimum absolute atomic E-state index is 0.163. The van der Waals surface area contributed by atoms with Gasteiger partial charge in [0.25, 0.3) is 5.91 Å². The van der Waals surface area contributed by atoms with Crippen molar-refractivity contribution < 1.29 is 9.53 Å². The van der Waals surface area contributed by atoms with E-state index in [0.717, 1.165) is 36.1 Å². The maximum atomic E-state index is 12.3. The summed E-state index contributed by atoms with van der Waals surface area (Å²) >= 11 is 6.00. The number of carbonyl (C=O) groups is 1. The van der Waals surface area contributed by atoms with Crippen molar-refractivity contribution >= 4 is 17.5 Å². The maximum Gasteiger partial charge on any atom is 0.272 e. The number of aryl methyl sites for hydroxylation is 1. The lowest BCUT2D eigenvalue weighted by Gasteiger charge is -2.16. The summed E-state index contributed by atoms with van der Waals surface area (Å²) in [5.41, 5.74) is 3.58. The number of H-pyrrole nitrogens is 1. The predicted molar refractivity (Wildman–Crippen MR) is 84.1 cm³/mol. The third kappa shape index (κ3) is 3.00. The smallest absolute Gasteiger partial charge is 0.272 e. The Hall–Kier alpha value is -1.85. The SMILES string of the molecule is COC(CNC(=O)c1n[nH]c2c1CCC2)c1cccc(Cl)c1. The third-order valence-electron chi connectivity index (χ3n) is 3.97. The molecule has 1 atom stereocenters. The normalized spacial score (nSPS) is 14.6. The number of ether oxygens (including phenoxy) is 1. The molecule has 1 heterocycles. The number of benzene rings is 1. The van der Waals surface area contributed by atoms with Gasteiger partial charge in [0.2, 0.25) is 0 Å². The standard InChI is InChI=1S/C16H18ClN3O2/c1-22-14(10-4-2-5-11(17)8-10)9-18-16(21)15-12-6-3-7-13(12)19-20-15/h2,4-5,8,14H,3,6-7,9H2,1H3,(H,18,21)(H,19,20). The largest absolute Gasteiger partial charge is 0.375 e. The molecule has 1 aliphatic carbocycles. The zero-order valence-corrected chi connectivity index (χ0v) is 13.1. The zero-order valence-electron chi connectivity index (χ0n) is 12.4. The summed E-state index contributed by atoms with van der Waals surface area (Å²) in [5.74, 6) is -0.163. The first kappa shape index (κ1) is 15.1. The van der Waals surface area contributed by atoms with Crippen LogP contribution in [-0.4, -0.2) is 29.8 Å². The lowest BCUT2D eigenvalue weighted by atomic mass is 10.1. The lowest BCUT2D eigenvalue weighted by molar-refractivity contribution is 0.0823. The molecule has 5 nitrogen and oxygen atoms in total. The van der Waals surface area contributed by atoms with Crippen LogP contribution in [0.5, 0.6) is 0 Å². The van der Waals surface area contributed by atoms with Gasteiger partial charge >= 0.3 is 0 Å². The number of nitrogens with one attached hydrogen (secondary N) is 2. The van der Waals surface area contributed by atoms with Crippen LogP contribution in [0.25, 0.3) is 0 Å². The van der Waals surface area contributed by atoms with E-state index < -0.39 is 0 Å². The molecular weight excluding hydrogens is 302 g/mol. The molecule has 0 aliphatic heterocycles. The van der Waals surface area contributed by atoms with Crippen LogP contribution < -0.4 is 5.32 Å². The molecule has 22 heavy (non-hydrogen) atoms. The summed E-state index contributed by atoms with van der Waals surface area (Å²) in [6.07, 6.45) is 2.72. The Bertz CT molecular complexity index is 684. The Balaban J connectivity index is 1.66. The monoisotopic (exact) mass is 319 g/mol. The van der Waals surface area contributed by atoms with Gasteiger partial charge in [-0.25, -0.2) is 0 Å². The molecule has 116 valence electrons. The van der Waals surface area contributed by atoms with Crippen LogP contribution in [0.15, 0.2) is 24.3 Å². The minimum atomic E-state index is -0.241. The molecule has 0 spiro atoms. The van der Waals surface area contributed by atoms with Crippen LogP contribution >= 0.6 is 11.6 Å². The van der Waals surface area contributed by atoms with Crippen LogP contribution in [0, 0.1) is 0 Å². The molecule has 0 fully saturated rings. The topological polar surface area (TPSA) is 67.0 Å². The average Bonchev–Trinajstić information content (AvgIpc) is 3.10. The summed E-state index contributed by atoms with van der Waals surface area (Å²) in [6.45, 7) is 0.372. The first-order valence-corrected chi connectivity index (χ1v) is 7.69. The molecule has 0 saturated carbocycles. The first-order valence-electron chi connectivity index (χ1n) is 7.31. The molecule has 1 unspecified atom stereocenters. The maximum absolute atomic E-state index is 12.3. The highest BCUT2D eigenvalue weighted by atomic mass is 35.5. The second-order valence-corrected chi connectivity index (χ2v) is 5.81. The summed E-state index contributed by atoms with van der Waals surface area (Å²) < 4.78 is 5.45. The van der Waals surface area contributed by atoms with Crippen LogP contribution in [0.3, 0.4) is 0 Å². The number of rotatable bonds is 5. The van der Waals surface area contributed by atoms with E-state index in [1.807, 2.05) is 24.3 Å². The number of halogens is 1. The molecule has 1 aromatic carbocycles. The van der Waals surface area contributed by atoms with Gasteiger partial charge in [-0.15, -0.1) is 0 Å². The van der Waals surface area contributed by atoms with Gasteiger partial charge in [-0.2, -0.15) is 5.10 Å². The van der Waals surface area contributed by atoms with Crippen LogP contribution in [-0.2, 0) is 17.6 Å². The van der Waals surface area contributed by atoms with Crippen molar-refractivity contribution in [2.24, 2.45) is 0 Å².